The first-order valence-corrected chi connectivity index (χ1v) is 9.47. The van der Waals surface area contributed by atoms with Gasteiger partial charge in [0.25, 0.3) is 0 Å². The summed E-state index contributed by atoms with van der Waals surface area (Å²) in [5.41, 5.74) is 3.24. The number of anilines is 1. The smallest absolute Gasteiger partial charge is 0.248 e. The van der Waals surface area contributed by atoms with Crippen LogP contribution in [0, 0.1) is 11.7 Å². The van der Waals surface area contributed by atoms with Crippen LogP contribution in [0.3, 0.4) is 0 Å². The summed E-state index contributed by atoms with van der Waals surface area (Å²) < 4.78 is 14.8. The first-order valence-electron chi connectivity index (χ1n) is 9.10. The number of nitrogens with one attached hydrogen (secondary N) is 1. The molecule has 1 aromatic carbocycles. The minimum Gasteiger partial charge on any atom is -0.387 e. The zero-order chi connectivity index (χ0) is 18.6. The van der Waals surface area contributed by atoms with Gasteiger partial charge in [-0.3, -0.25) is 4.79 Å². The summed E-state index contributed by atoms with van der Waals surface area (Å²) in [4.78, 5) is 19.3. The summed E-state index contributed by atoms with van der Waals surface area (Å²) in [6.45, 7) is 5.95. The molecule has 7 heteroatoms. The van der Waals surface area contributed by atoms with E-state index in [2.05, 4.69) is 16.8 Å². The SMILES string of the molecule is CC1CCN(c2cc(Cl)c(F)c3[nH]c4c(c23)[C@H](C)N(C(=O)CO)CC4)C1. The number of carbonyl (C=O) groups excluding carboxylic acids is 1. The predicted octanol–water partition coefficient (Wildman–Crippen LogP) is 3.24. The van der Waals surface area contributed by atoms with Crippen LogP contribution in [0.15, 0.2) is 6.07 Å². The zero-order valence-corrected chi connectivity index (χ0v) is 15.7. The molecule has 2 atom stereocenters. The Balaban J connectivity index is 1.92. The van der Waals surface area contributed by atoms with Gasteiger partial charge in [-0.1, -0.05) is 18.5 Å². The van der Waals surface area contributed by atoms with Crippen molar-refractivity contribution in [3.63, 3.8) is 0 Å². The second-order valence-corrected chi connectivity index (χ2v) is 7.88. The van der Waals surface area contributed by atoms with Gasteiger partial charge >= 0.3 is 0 Å². The van der Waals surface area contributed by atoms with Crippen LogP contribution in [-0.2, 0) is 11.2 Å². The van der Waals surface area contributed by atoms with Crippen LogP contribution in [0.1, 0.15) is 37.6 Å². The van der Waals surface area contributed by atoms with Crippen LogP contribution in [-0.4, -0.2) is 47.1 Å². The fraction of sp³-hybridized carbons (Fsp3) is 0.526. The van der Waals surface area contributed by atoms with Gasteiger partial charge < -0.3 is 19.9 Å². The van der Waals surface area contributed by atoms with E-state index in [9.17, 15) is 14.3 Å². The number of fused-ring (bicyclic) bond motifs is 3. The second-order valence-electron chi connectivity index (χ2n) is 7.47. The Hall–Kier alpha value is -1.79. The zero-order valence-electron chi connectivity index (χ0n) is 15.0. The minimum atomic E-state index is -0.515. The minimum absolute atomic E-state index is 0.113. The quantitative estimate of drug-likeness (QED) is 0.842. The van der Waals surface area contributed by atoms with Gasteiger partial charge in [0, 0.05) is 48.4 Å². The molecule has 1 aromatic heterocycles. The van der Waals surface area contributed by atoms with E-state index in [-0.39, 0.29) is 17.0 Å². The lowest BCUT2D eigenvalue weighted by Crippen LogP contribution is -2.40. The number of hydrogen-bond acceptors (Lipinski definition) is 3. The predicted molar refractivity (Wildman–Crippen MR) is 100 cm³/mol. The van der Waals surface area contributed by atoms with Crippen molar-refractivity contribution >= 4 is 34.1 Å². The molecule has 1 unspecified atom stereocenters. The molecular formula is C19H23ClFN3O2. The molecule has 140 valence electrons. The molecule has 3 heterocycles. The summed E-state index contributed by atoms with van der Waals surface area (Å²) in [6, 6.07) is 1.48. The molecule has 1 saturated heterocycles. The molecule has 2 aliphatic rings. The van der Waals surface area contributed by atoms with E-state index in [1.807, 2.05) is 6.92 Å². The molecule has 0 aliphatic carbocycles. The van der Waals surface area contributed by atoms with Crippen molar-refractivity contribution in [2.24, 2.45) is 5.92 Å². The third kappa shape index (κ3) is 2.58. The van der Waals surface area contributed by atoms with Crippen LogP contribution in [0.5, 0.6) is 0 Å². The third-order valence-corrected chi connectivity index (χ3v) is 6.05. The number of aliphatic hydroxyl groups is 1. The number of aliphatic hydroxyl groups excluding tert-OH is 1. The average Bonchev–Trinajstić information content (AvgIpc) is 3.22. The number of H-pyrrole nitrogens is 1. The van der Waals surface area contributed by atoms with Gasteiger partial charge in [-0.15, -0.1) is 0 Å². The number of aromatic nitrogens is 1. The Morgan fingerprint density at radius 3 is 2.85 bits per heavy atom. The number of rotatable bonds is 2. The largest absolute Gasteiger partial charge is 0.387 e. The van der Waals surface area contributed by atoms with Gasteiger partial charge in [-0.05, 0) is 25.3 Å². The van der Waals surface area contributed by atoms with Crippen molar-refractivity contribution in [2.45, 2.75) is 32.7 Å². The van der Waals surface area contributed by atoms with Gasteiger partial charge in [0.05, 0.1) is 16.6 Å². The van der Waals surface area contributed by atoms with E-state index in [1.165, 1.54) is 0 Å². The molecule has 2 aliphatic heterocycles. The van der Waals surface area contributed by atoms with Gasteiger partial charge in [0.15, 0.2) is 5.82 Å². The molecule has 0 radical (unpaired) electrons. The molecule has 1 fully saturated rings. The molecule has 1 amide bonds. The van der Waals surface area contributed by atoms with E-state index >= 15 is 0 Å². The average molecular weight is 380 g/mol. The molecule has 0 saturated carbocycles. The van der Waals surface area contributed by atoms with E-state index < -0.39 is 12.4 Å². The van der Waals surface area contributed by atoms with Crippen molar-refractivity contribution in [2.75, 3.05) is 31.1 Å². The number of carbonyl (C=O) groups is 1. The van der Waals surface area contributed by atoms with Crippen molar-refractivity contribution in [3.8, 4) is 0 Å². The Morgan fingerprint density at radius 2 is 2.19 bits per heavy atom. The van der Waals surface area contributed by atoms with Crippen LogP contribution in [0.25, 0.3) is 10.9 Å². The van der Waals surface area contributed by atoms with Crippen molar-refractivity contribution in [1.82, 2.24) is 9.88 Å². The van der Waals surface area contributed by atoms with Crippen molar-refractivity contribution in [3.05, 3.63) is 28.2 Å². The van der Waals surface area contributed by atoms with Gasteiger partial charge in [0.1, 0.15) is 6.61 Å². The summed E-state index contributed by atoms with van der Waals surface area (Å²) in [7, 11) is 0. The van der Waals surface area contributed by atoms with E-state index in [4.69, 9.17) is 11.6 Å². The Bertz CT molecular complexity index is 882. The molecule has 2 N–H and O–H groups in total. The highest BCUT2D eigenvalue weighted by molar-refractivity contribution is 6.32. The van der Waals surface area contributed by atoms with Gasteiger partial charge in [0.2, 0.25) is 5.91 Å². The number of amides is 1. The molecule has 26 heavy (non-hydrogen) atoms. The van der Waals surface area contributed by atoms with Crippen LogP contribution in [0.4, 0.5) is 10.1 Å². The van der Waals surface area contributed by atoms with Gasteiger partial charge in [-0.2, -0.15) is 0 Å². The monoisotopic (exact) mass is 379 g/mol. The fourth-order valence-corrected chi connectivity index (χ4v) is 4.64. The Morgan fingerprint density at radius 1 is 1.42 bits per heavy atom. The molecule has 0 bridgehead atoms. The number of aromatic amines is 1. The molecule has 2 aromatic rings. The summed E-state index contributed by atoms with van der Waals surface area (Å²) >= 11 is 6.19. The molecule has 4 rings (SSSR count). The normalized spacial score (nSPS) is 23.0. The fourth-order valence-electron chi connectivity index (χ4n) is 4.45. The maximum atomic E-state index is 14.8. The summed E-state index contributed by atoms with van der Waals surface area (Å²) in [5, 5.41) is 10.2. The standard InChI is InChI=1S/C19H23ClFN3O2/c1-10-3-5-23(8-10)14-7-12(20)18(21)19-17(14)16-11(2)24(15(26)9-25)6-4-13(16)22-19/h7,10-11,22,25H,3-6,8-9H2,1-2H3/t10?,11-/m0/s1. The lowest BCUT2D eigenvalue weighted by molar-refractivity contribution is -0.136. The maximum absolute atomic E-state index is 14.8. The van der Waals surface area contributed by atoms with Crippen LogP contribution < -0.4 is 4.90 Å². The molecular weight excluding hydrogens is 357 g/mol. The number of nitrogens with zero attached hydrogens (tertiary/aromatic N) is 2. The first kappa shape index (κ1) is 17.6. The highest BCUT2D eigenvalue weighted by Gasteiger charge is 2.34. The lowest BCUT2D eigenvalue weighted by atomic mass is 9.95. The Labute approximate surface area is 156 Å². The van der Waals surface area contributed by atoms with Gasteiger partial charge in [-0.25, -0.2) is 4.39 Å². The number of halogens is 2. The van der Waals surface area contributed by atoms with Crippen LogP contribution >= 0.6 is 11.6 Å². The van der Waals surface area contributed by atoms with E-state index in [0.717, 1.165) is 41.8 Å². The van der Waals surface area contributed by atoms with E-state index in [0.29, 0.717) is 24.4 Å². The maximum Gasteiger partial charge on any atom is 0.248 e. The summed E-state index contributed by atoms with van der Waals surface area (Å²) in [5.74, 6) is -0.170. The summed E-state index contributed by atoms with van der Waals surface area (Å²) in [6.07, 6.45) is 1.70. The second kappa shape index (κ2) is 6.43. The first-order chi connectivity index (χ1) is 12.4. The molecule has 0 spiro atoms. The highest BCUT2D eigenvalue weighted by atomic mass is 35.5. The van der Waals surface area contributed by atoms with Crippen molar-refractivity contribution in [1.29, 1.82) is 0 Å². The Kier molecular flexibility index (Phi) is 4.35. The van der Waals surface area contributed by atoms with E-state index in [1.54, 1.807) is 11.0 Å². The lowest BCUT2D eigenvalue weighted by Gasteiger charge is -2.34. The van der Waals surface area contributed by atoms with Crippen LogP contribution in [0.2, 0.25) is 5.02 Å². The molecule has 5 nitrogen and oxygen atoms in total. The van der Waals surface area contributed by atoms with Crippen molar-refractivity contribution < 1.29 is 14.3 Å². The topological polar surface area (TPSA) is 59.6 Å². The number of hydrogen-bond donors (Lipinski definition) is 2. The third-order valence-electron chi connectivity index (χ3n) is 5.78. The number of benzene rings is 1. The highest BCUT2D eigenvalue weighted by Crippen LogP contribution is 2.44.